The first-order valence-corrected chi connectivity index (χ1v) is 21.0. The molecular weight excluding hydrogens is 645 g/mol. The minimum Gasteiger partial charge on any atom is -0.410 e. The third-order valence-electron chi connectivity index (χ3n) is 11.5. The zero-order valence-corrected chi connectivity index (χ0v) is 30.9. The van der Waals surface area contributed by atoms with Crippen molar-refractivity contribution in [1.29, 1.82) is 0 Å². The summed E-state index contributed by atoms with van der Waals surface area (Å²) in [6.07, 6.45) is 10.8. The lowest BCUT2D eigenvalue weighted by Gasteiger charge is -2.46. The Balaban J connectivity index is 1.61. The van der Waals surface area contributed by atoms with Crippen molar-refractivity contribution >= 4 is 30.9 Å². The van der Waals surface area contributed by atoms with Crippen molar-refractivity contribution in [1.82, 2.24) is 4.98 Å². The Kier molecular flexibility index (Phi) is 8.14. The molecule has 0 N–H and O–H groups in total. The molecule has 4 atom stereocenters. The number of halogens is 1. The Bertz CT molecular complexity index is 1320. The van der Waals surface area contributed by atoms with Crippen LogP contribution in [0.15, 0.2) is 24.3 Å². The Morgan fingerprint density at radius 3 is 2.24 bits per heavy atom. The molecule has 42 heavy (non-hydrogen) atoms. The number of rotatable bonds is 5. The van der Waals surface area contributed by atoms with Gasteiger partial charge in [0.25, 0.3) is 0 Å². The maximum absolute atomic E-state index is 7.55. The molecule has 0 bridgehead atoms. The molecule has 1 aliphatic heterocycles. The lowest BCUT2D eigenvalue weighted by atomic mass is 9.70. The van der Waals surface area contributed by atoms with Crippen molar-refractivity contribution in [3.05, 3.63) is 63.5 Å². The van der Waals surface area contributed by atoms with E-state index < -0.39 is 8.32 Å². The molecular formula is C37H54INO2Si. The average molecular weight is 700 g/mol. The first-order valence-electron chi connectivity index (χ1n) is 16.8. The molecule has 0 saturated heterocycles. The zero-order valence-electron chi connectivity index (χ0n) is 27.7. The lowest BCUT2D eigenvalue weighted by Crippen LogP contribution is -2.44. The van der Waals surface area contributed by atoms with E-state index in [-0.39, 0.29) is 28.3 Å². The van der Waals surface area contributed by atoms with Gasteiger partial charge in [-0.05, 0) is 85.5 Å². The molecule has 4 aliphatic rings. The molecule has 230 valence electrons. The molecule has 1 spiro atoms. The smallest absolute Gasteiger partial charge is 0.192 e. The maximum atomic E-state index is 7.55. The van der Waals surface area contributed by atoms with Gasteiger partial charge in [0.1, 0.15) is 11.7 Å². The molecule has 1 aromatic heterocycles. The van der Waals surface area contributed by atoms with Crippen LogP contribution in [0.5, 0.6) is 0 Å². The second-order valence-electron chi connectivity index (χ2n) is 16.6. The van der Waals surface area contributed by atoms with E-state index in [1.54, 1.807) is 0 Å². The van der Waals surface area contributed by atoms with Gasteiger partial charge in [-0.25, -0.2) is 0 Å². The van der Waals surface area contributed by atoms with Gasteiger partial charge in [0.15, 0.2) is 8.32 Å². The van der Waals surface area contributed by atoms with Crippen molar-refractivity contribution in [2.24, 2.45) is 5.41 Å². The van der Waals surface area contributed by atoms with Gasteiger partial charge in [0, 0.05) is 32.2 Å². The van der Waals surface area contributed by atoms with Gasteiger partial charge in [-0.15, -0.1) is 0 Å². The van der Waals surface area contributed by atoms with Crippen molar-refractivity contribution in [2.45, 2.75) is 158 Å². The fraction of sp³-hybridized carbons (Fsp3) is 0.703. The minimum atomic E-state index is -2.03. The molecule has 2 fully saturated rings. The van der Waals surface area contributed by atoms with E-state index in [4.69, 9.17) is 14.1 Å². The number of fused-ring (bicyclic) bond motifs is 4. The van der Waals surface area contributed by atoms with Gasteiger partial charge < -0.3 is 9.16 Å². The average Bonchev–Trinajstić information content (AvgIpc) is 3.63. The van der Waals surface area contributed by atoms with Crippen LogP contribution in [0.2, 0.25) is 18.1 Å². The molecule has 0 amide bonds. The minimum absolute atomic E-state index is 0.0477. The normalized spacial score (nSPS) is 29.5. The standard InChI is InChI=1S/C37H54INO2Si/c1-23(2)24-16-18-26(19-17-24)34-31-32(37(40-34)20-12-15-29(37)38)30-27(39-33(31)25-13-10-11-14-25)21-36(6,7)22-28(30)41-42(8,9)35(3,4)5/h16-19,23,25,28-29,34H,10-15,20-22H2,1-9H3/t28?,29?,34-,37?/m1/s1. The Morgan fingerprint density at radius 2 is 1.67 bits per heavy atom. The van der Waals surface area contributed by atoms with Crippen LogP contribution >= 0.6 is 22.6 Å². The van der Waals surface area contributed by atoms with Gasteiger partial charge >= 0.3 is 0 Å². The fourth-order valence-corrected chi connectivity index (χ4v) is 10.6. The summed E-state index contributed by atoms with van der Waals surface area (Å²) in [5.74, 6) is 1.06. The molecule has 1 aromatic carbocycles. The van der Waals surface area contributed by atoms with Crippen molar-refractivity contribution < 1.29 is 9.16 Å². The van der Waals surface area contributed by atoms with Crippen LogP contribution in [0.4, 0.5) is 0 Å². The number of hydrogen-bond donors (Lipinski definition) is 0. The van der Waals surface area contributed by atoms with Gasteiger partial charge in [-0.2, -0.15) is 0 Å². The van der Waals surface area contributed by atoms with Crippen molar-refractivity contribution in [3.8, 4) is 0 Å². The predicted molar refractivity (Wildman–Crippen MR) is 185 cm³/mol. The van der Waals surface area contributed by atoms with E-state index in [0.29, 0.717) is 15.8 Å². The molecule has 5 heteroatoms. The molecule has 2 saturated carbocycles. The van der Waals surface area contributed by atoms with Crippen LogP contribution in [-0.4, -0.2) is 17.2 Å². The van der Waals surface area contributed by atoms with Crippen molar-refractivity contribution in [2.75, 3.05) is 0 Å². The summed E-state index contributed by atoms with van der Waals surface area (Å²) in [4.78, 5) is 5.76. The van der Waals surface area contributed by atoms with Crippen molar-refractivity contribution in [3.63, 3.8) is 0 Å². The second kappa shape index (κ2) is 10.9. The van der Waals surface area contributed by atoms with E-state index in [9.17, 15) is 0 Å². The fourth-order valence-electron chi connectivity index (χ4n) is 8.13. The van der Waals surface area contributed by atoms with Gasteiger partial charge in [0.2, 0.25) is 0 Å². The lowest BCUT2D eigenvalue weighted by molar-refractivity contribution is -0.0515. The number of alkyl halides is 1. The number of hydrogen-bond acceptors (Lipinski definition) is 3. The highest BCUT2D eigenvalue weighted by atomic mass is 127. The largest absolute Gasteiger partial charge is 0.410 e. The van der Waals surface area contributed by atoms with Gasteiger partial charge in [-0.3, -0.25) is 4.98 Å². The summed E-state index contributed by atoms with van der Waals surface area (Å²) in [5, 5.41) is 0.156. The Labute approximate surface area is 270 Å². The SMILES string of the molecule is CC(C)c1ccc([C@H]2OC3(CCCC3I)c3c4c(nc(C5CCCC5)c32)CC(C)(C)CC4O[Si](C)(C)C(C)(C)C)cc1. The van der Waals surface area contributed by atoms with Crippen LogP contribution in [0, 0.1) is 5.41 Å². The van der Waals surface area contributed by atoms with Crippen LogP contribution < -0.4 is 0 Å². The molecule has 0 radical (unpaired) electrons. The van der Waals surface area contributed by atoms with E-state index in [1.165, 1.54) is 77.7 Å². The highest BCUT2D eigenvalue weighted by molar-refractivity contribution is 14.1. The van der Waals surface area contributed by atoms with Crippen LogP contribution in [-0.2, 0) is 21.2 Å². The van der Waals surface area contributed by atoms with E-state index in [1.807, 2.05) is 0 Å². The van der Waals surface area contributed by atoms with Gasteiger partial charge in [0.05, 0.1) is 11.8 Å². The molecule has 3 aliphatic carbocycles. The summed E-state index contributed by atoms with van der Waals surface area (Å²) in [6, 6.07) is 9.36. The third kappa shape index (κ3) is 5.28. The summed E-state index contributed by atoms with van der Waals surface area (Å²) in [5.41, 5.74) is 9.67. The molecule has 2 aromatic rings. The quantitative estimate of drug-likeness (QED) is 0.177. The van der Waals surface area contributed by atoms with Crippen LogP contribution in [0.25, 0.3) is 0 Å². The van der Waals surface area contributed by atoms with Crippen LogP contribution in [0.1, 0.15) is 163 Å². The second-order valence-corrected chi connectivity index (χ2v) is 22.9. The first kappa shape index (κ1) is 31.2. The Morgan fingerprint density at radius 1 is 1.00 bits per heavy atom. The van der Waals surface area contributed by atoms with Crippen LogP contribution in [0.3, 0.4) is 0 Å². The zero-order chi connectivity index (χ0) is 30.2. The number of benzene rings is 1. The highest BCUT2D eigenvalue weighted by Gasteiger charge is 2.57. The summed E-state index contributed by atoms with van der Waals surface area (Å²) in [6.45, 7) is 21.4. The van der Waals surface area contributed by atoms with E-state index in [2.05, 4.69) is 108 Å². The summed E-state index contributed by atoms with van der Waals surface area (Å²) >= 11 is 2.74. The number of ether oxygens (including phenoxy) is 1. The number of nitrogens with zero attached hydrogens (tertiary/aromatic N) is 1. The predicted octanol–water partition coefficient (Wildman–Crippen LogP) is 11.2. The first-order chi connectivity index (χ1) is 19.6. The number of pyridine rings is 1. The molecule has 3 unspecified atom stereocenters. The topological polar surface area (TPSA) is 31.4 Å². The summed E-state index contributed by atoms with van der Waals surface area (Å²) < 4.78 is 15.5. The van der Waals surface area contributed by atoms with E-state index >= 15 is 0 Å². The highest BCUT2D eigenvalue weighted by Crippen LogP contribution is 2.62. The number of aromatic nitrogens is 1. The Hall–Kier alpha value is -0.763. The van der Waals surface area contributed by atoms with Gasteiger partial charge in [-0.1, -0.05) is 108 Å². The monoisotopic (exact) mass is 699 g/mol. The molecule has 2 heterocycles. The third-order valence-corrected chi connectivity index (χ3v) is 17.6. The summed E-state index contributed by atoms with van der Waals surface area (Å²) in [7, 11) is -2.03. The molecule has 6 rings (SSSR count). The maximum Gasteiger partial charge on any atom is 0.192 e. The van der Waals surface area contributed by atoms with E-state index in [0.717, 1.165) is 19.3 Å². The molecule has 3 nitrogen and oxygen atoms in total.